The first-order valence-corrected chi connectivity index (χ1v) is 8.21. The standard InChI is InChI=1S/C19H21N3O/c1-2-9-22-19(3-1)12-18(21-22)13-20-8-6-15-4-5-16-7-10-23-14-17(16)11-15/h1-5,9,11-12,20H,6-8,10,13-14H2. The number of benzene rings is 1. The molecule has 23 heavy (non-hydrogen) atoms. The van der Waals surface area contributed by atoms with Gasteiger partial charge in [-0.25, -0.2) is 4.52 Å². The molecule has 1 aliphatic rings. The molecule has 0 amide bonds. The summed E-state index contributed by atoms with van der Waals surface area (Å²) in [5.41, 5.74) is 6.39. The van der Waals surface area contributed by atoms with Gasteiger partial charge < -0.3 is 10.1 Å². The highest BCUT2D eigenvalue weighted by molar-refractivity contribution is 5.46. The van der Waals surface area contributed by atoms with Gasteiger partial charge in [0.1, 0.15) is 0 Å². The van der Waals surface area contributed by atoms with Gasteiger partial charge in [-0.05, 0) is 54.3 Å². The van der Waals surface area contributed by atoms with E-state index in [4.69, 9.17) is 4.74 Å². The van der Waals surface area contributed by atoms with Gasteiger partial charge in [-0.15, -0.1) is 0 Å². The van der Waals surface area contributed by atoms with Gasteiger partial charge in [-0.2, -0.15) is 5.10 Å². The van der Waals surface area contributed by atoms with Crippen LogP contribution in [0.5, 0.6) is 0 Å². The molecule has 4 nitrogen and oxygen atoms in total. The first-order chi connectivity index (χ1) is 11.4. The van der Waals surface area contributed by atoms with E-state index in [1.807, 2.05) is 22.8 Å². The summed E-state index contributed by atoms with van der Waals surface area (Å²) < 4.78 is 7.45. The van der Waals surface area contributed by atoms with Crippen molar-refractivity contribution in [2.24, 2.45) is 0 Å². The van der Waals surface area contributed by atoms with Gasteiger partial charge in [0.2, 0.25) is 0 Å². The third-order valence-corrected chi connectivity index (χ3v) is 4.36. The summed E-state index contributed by atoms with van der Waals surface area (Å²) in [6.07, 6.45) is 4.05. The molecule has 0 fully saturated rings. The molecule has 1 aromatic carbocycles. The van der Waals surface area contributed by atoms with Crippen LogP contribution in [-0.2, 0) is 30.7 Å². The monoisotopic (exact) mass is 307 g/mol. The van der Waals surface area contributed by atoms with E-state index in [0.717, 1.165) is 50.4 Å². The zero-order valence-corrected chi connectivity index (χ0v) is 13.2. The molecule has 0 spiro atoms. The molecule has 0 atom stereocenters. The lowest BCUT2D eigenvalue weighted by molar-refractivity contribution is 0.110. The van der Waals surface area contributed by atoms with Crippen molar-refractivity contribution in [3.63, 3.8) is 0 Å². The molecule has 0 radical (unpaired) electrons. The summed E-state index contributed by atoms with van der Waals surface area (Å²) >= 11 is 0. The molecule has 2 aromatic heterocycles. The number of aromatic nitrogens is 2. The topological polar surface area (TPSA) is 38.6 Å². The van der Waals surface area contributed by atoms with Crippen LogP contribution >= 0.6 is 0 Å². The molecule has 4 heteroatoms. The second-order valence-corrected chi connectivity index (χ2v) is 6.04. The first-order valence-electron chi connectivity index (χ1n) is 8.21. The van der Waals surface area contributed by atoms with E-state index in [1.165, 1.54) is 16.7 Å². The Bertz CT molecular complexity index is 776. The van der Waals surface area contributed by atoms with Crippen molar-refractivity contribution in [2.75, 3.05) is 13.2 Å². The van der Waals surface area contributed by atoms with Crippen LogP contribution in [-0.4, -0.2) is 22.8 Å². The van der Waals surface area contributed by atoms with Crippen LogP contribution in [0.4, 0.5) is 0 Å². The molecule has 0 saturated heterocycles. The first kappa shape index (κ1) is 14.4. The van der Waals surface area contributed by atoms with Gasteiger partial charge in [-0.3, -0.25) is 0 Å². The van der Waals surface area contributed by atoms with Gasteiger partial charge in [0.15, 0.2) is 0 Å². The molecule has 3 heterocycles. The van der Waals surface area contributed by atoms with E-state index in [0.29, 0.717) is 0 Å². The van der Waals surface area contributed by atoms with E-state index in [-0.39, 0.29) is 0 Å². The van der Waals surface area contributed by atoms with Crippen LogP contribution < -0.4 is 5.32 Å². The van der Waals surface area contributed by atoms with Crippen LogP contribution in [0, 0.1) is 0 Å². The average Bonchev–Trinajstić information content (AvgIpc) is 3.01. The zero-order chi connectivity index (χ0) is 15.5. The lowest BCUT2D eigenvalue weighted by Crippen LogP contribution is -2.17. The number of nitrogens with one attached hydrogen (secondary N) is 1. The summed E-state index contributed by atoms with van der Waals surface area (Å²) in [7, 11) is 0. The van der Waals surface area contributed by atoms with Gasteiger partial charge >= 0.3 is 0 Å². The number of hydrogen-bond acceptors (Lipinski definition) is 3. The van der Waals surface area contributed by atoms with Gasteiger partial charge in [0.05, 0.1) is 24.4 Å². The SMILES string of the molecule is c1ccn2nc(CNCCc3ccc4c(c3)COCC4)cc2c1. The molecule has 3 aromatic rings. The quantitative estimate of drug-likeness (QED) is 0.737. The van der Waals surface area contributed by atoms with E-state index >= 15 is 0 Å². The number of nitrogens with zero attached hydrogens (tertiary/aromatic N) is 2. The fraction of sp³-hybridized carbons (Fsp3) is 0.316. The minimum absolute atomic E-state index is 0.762. The Morgan fingerprint density at radius 3 is 3.09 bits per heavy atom. The molecular formula is C19H21N3O. The van der Waals surface area contributed by atoms with Crippen molar-refractivity contribution >= 4 is 5.52 Å². The van der Waals surface area contributed by atoms with Gasteiger partial charge in [-0.1, -0.05) is 24.3 Å². The molecule has 0 aliphatic carbocycles. The molecule has 0 saturated carbocycles. The Kier molecular flexibility index (Phi) is 4.09. The van der Waals surface area contributed by atoms with Gasteiger partial charge in [0.25, 0.3) is 0 Å². The Hall–Kier alpha value is -2.17. The van der Waals surface area contributed by atoms with Crippen molar-refractivity contribution in [1.82, 2.24) is 14.9 Å². The van der Waals surface area contributed by atoms with Crippen LogP contribution in [0.3, 0.4) is 0 Å². The number of rotatable bonds is 5. The summed E-state index contributed by atoms with van der Waals surface area (Å²) in [4.78, 5) is 0. The van der Waals surface area contributed by atoms with E-state index in [9.17, 15) is 0 Å². The van der Waals surface area contributed by atoms with Crippen LogP contribution in [0.1, 0.15) is 22.4 Å². The molecule has 1 N–H and O–H groups in total. The number of ether oxygens (including phenoxy) is 1. The smallest absolute Gasteiger partial charge is 0.0773 e. The van der Waals surface area contributed by atoms with Crippen molar-refractivity contribution in [3.05, 3.63) is 71.0 Å². The summed E-state index contributed by atoms with van der Waals surface area (Å²) in [6.45, 7) is 3.37. The summed E-state index contributed by atoms with van der Waals surface area (Å²) in [5, 5.41) is 8.04. The lowest BCUT2D eigenvalue weighted by Gasteiger charge is -2.17. The third kappa shape index (κ3) is 3.28. The number of hydrogen-bond donors (Lipinski definition) is 1. The number of pyridine rings is 1. The maximum absolute atomic E-state index is 5.54. The molecule has 0 unspecified atom stereocenters. The Morgan fingerprint density at radius 2 is 2.13 bits per heavy atom. The van der Waals surface area contributed by atoms with Crippen molar-refractivity contribution in [1.29, 1.82) is 0 Å². The zero-order valence-electron chi connectivity index (χ0n) is 13.2. The highest BCUT2D eigenvalue weighted by atomic mass is 16.5. The Labute approximate surface area is 136 Å². The largest absolute Gasteiger partial charge is 0.376 e. The molecular weight excluding hydrogens is 286 g/mol. The molecule has 4 rings (SSSR count). The van der Waals surface area contributed by atoms with Crippen LogP contribution in [0.25, 0.3) is 5.52 Å². The second kappa shape index (κ2) is 6.52. The predicted octanol–water partition coefficient (Wildman–Crippen LogP) is 2.74. The van der Waals surface area contributed by atoms with Crippen molar-refractivity contribution in [3.8, 4) is 0 Å². The molecule has 0 bridgehead atoms. The minimum atomic E-state index is 0.762. The van der Waals surface area contributed by atoms with Crippen molar-refractivity contribution in [2.45, 2.75) is 26.0 Å². The van der Waals surface area contributed by atoms with E-state index in [2.05, 4.69) is 40.7 Å². The highest BCUT2D eigenvalue weighted by Gasteiger charge is 2.09. The third-order valence-electron chi connectivity index (χ3n) is 4.36. The number of fused-ring (bicyclic) bond motifs is 2. The summed E-state index contributed by atoms with van der Waals surface area (Å²) in [5.74, 6) is 0. The van der Waals surface area contributed by atoms with Gasteiger partial charge in [0, 0.05) is 12.7 Å². The predicted molar refractivity (Wildman–Crippen MR) is 90.4 cm³/mol. The van der Waals surface area contributed by atoms with Crippen LogP contribution in [0.2, 0.25) is 0 Å². The maximum Gasteiger partial charge on any atom is 0.0773 e. The van der Waals surface area contributed by atoms with Crippen molar-refractivity contribution < 1.29 is 4.74 Å². The van der Waals surface area contributed by atoms with E-state index < -0.39 is 0 Å². The lowest BCUT2D eigenvalue weighted by atomic mass is 9.99. The Morgan fingerprint density at radius 1 is 1.13 bits per heavy atom. The average molecular weight is 307 g/mol. The minimum Gasteiger partial charge on any atom is -0.376 e. The van der Waals surface area contributed by atoms with Crippen LogP contribution in [0.15, 0.2) is 48.7 Å². The molecule has 1 aliphatic heterocycles. The highest BCUT2D eigenvalue weighted by Crippen LogP contribution is 2.18. The maximum atomic E-state index is 5.54. The Balaban J connectivity index is 1.31. The fourth-order valence-corrected chi connectivity index (χ4v) is 3.10. The molecule has 118 valence electrons. The fourth-order valence-electron chi connectivity index (χ4n) is 3.10. The second-order valence-electron chi connectivity index (χ2n) is 6.04. The summed E-state index contributed by atoms with van der Waals surface area (Å²) in [6, 6.07) is 15.0. The normalized spacial score (nSPS) is 14.1. The van der Waals surface area contributed by atoms with E-state index in [1.54, 1.807) is 0 Å².